The number of hydrogen-bond acceptors (Lipinski definition) is 5. The Morgan fingerprint density at radius 2 is 1.59 bits per heavy atom. The summed E-state index contributed by atoms with van der Waals surface area (Å²) >= 11 is 0. The Kier molecular flexibility index (Phi) is 5.72. The van der Waals surface area contributed by atoms with E-state index in [1.165, 1.54) is 11.1 Å². The fourth-order valence-corrected chi connectivity index (χ4v) is 4.05. The lowest BCUT2D eigenvalue weighted by Crippen LogP contribution is -2.56. The van der Waals surface area contributed by atoms with Crippen LogP contribution in [0.25, 0.3) is 10.9 Å². The Balaban J connectivity index is 1.72. The minimum absolute atomic E-state index is 0.447. The molecule has 0 spiro atoms. The van der Waals surface area contributed by atoms with Crippen molar-refractivity contribution in [1.82, 2.24) is 4.57 Å². The van der Waals surface area contributed by atoms with E-state index in [4.69, 9.17) is 4.74 Å². The van der Waals surface area contributed by atoms with E-state index in [2.05, 4.69) is 31.2 Å². The lowest BCUT2D eigenvalue weighted by molar-refractivity contribution is -0.250. The first-order valence-corrected chi connectivity index (χ1v) is 10.00. The zero-order valence-corrected chi connectivity index (χ0v) is 16.3. The SMILES string of the molecule is CCc1ccc(Cc2cn([C@@H]3O[C@H](CO)[C@@H](O)[C@H](O)[C@H]3O)c3ccccc23)cc1. The van der Waals surface area contributed by atoms with Gasteiger partial charge in [-0.3, -0.25) is 0 Å². The molecule has 4 rings (SSSR count). The van der Waals surface area contributed by atoms with Gasteiger partial charge < -0.3 is 29.7 Å². The van der Waals surface area contributed by atoms with Crippen LogP contribution in [0.1, 0.15) is 29.8 Å². The molecule has 1 aliphatic rings. The number of aliphatic hydroxyl groups excluding tert-OH is 4. The number of aliphatic hydroxyl groups is 4. The number of fused-ring (bicyclic) bond motifs is 1. The Hall–Kier alpha value is -2.22. The predicted octanol–water partition coefficient (Wildman–Crippen LogP) is 1.77. The largest absolute Gasteiger partial charge is 0.394 e. The first kappa shape index (κ1) is 20.1. The van der Waals surface area contributed by atoms with E-state index in [9.17, 15) is 20.4 Å². The molecule has 0 unspecified atom stereocenters. The summed E-state index contributed by atoms with van der Waals surface area (Å²) in [6.45, 7) is 1.68. The number of aromatic nitrogens is 1. The van der Waals surface area contributed by atoms with Crippen molar-refractivity contribution in [3.63, 3.8) is 0 Å². The molecule has 3 aromatic rings. The molecule has 6 nitrogen and oxygen atoms in total. The lowest BCUT2D eigenvalue weighted by Gasteiger charge is -2.40. The van der Waals surface area contributed by atoms with Gasteiger partial charge in [0.25, 0.3) is 0 Å². The highest BCUT2D eigenvalue weighted by Crippen LogP contribution is 2.33. The third-order valence-electron chi connectivity index (χ3n) is 5.79. The van der Waals surface area contributed by atoms with Gasteiger partial charge in [-0.05, 0) is 35.6 Å². The topological polar surface area (TPSA) is 95.1 Å². The number of para-hydroxylation sites is 1. The van der Waals surface area contributed by atoms with Gasteiger partial charge in [-0.1, -0.05) is 49.4 Å². The second kappa shape index (κ2) is 8.26. The van der Waals surface area contributed by atoms with E-state index in [1.807, 2.05) is 30.5 Å². The summed E-state index contributed by atoms with van der Waals surface area (Å²) in [6, 6.07) is 16.3. The van der Waals surface area contributed by atoms with Gasteiger partial charge in [0.15, 0.2) is 6.23 Å². The van der Waals surface area contributed by atoms with Gasteiger partial charge in [0, 0.05) is 11.6 Å². The summed E-state index contributed by atoms with van der Waals surface area (Å²) in [6.07, 6.45) is -2.31. The first-order chi connectivity index (χ1) is 14.0. The van der Waals surface area contributed by atoms with Crippen LogP contribution in [0, 0.1) is 0 Å². The Morgan fingerprint density at radius 3 is 2.28 bits per heavy atom. The summed E-state index contributed by atoms with van der Waals surface area (Å²) < 4.78 is 7.56. The maximum atomic E-state index is 10.6. The van der Waals surface area contributed by atoms with Crippen LogP contribution < -0.4 is 0 Å². The fourth-order valence-electron chi connectivity index (χ4n) is 4.05. The van der Waals surface area contributed by atoms with E-state index in [1.54, 1.807) is 4.57 Å². The average Bonchev–Trinajstić information content (AvgIpc) is 3.11. The maximum absolute atomic E-state index is 10.6. The molecule has 29 heavy (non-hydrogen) atoms. The maximum Gasteiger partial charge on any atom is 0.163 e. The van der Waals surface area contributed by atoms with Crippen molar-refractivity contribution in [3.05, 3.63) is 71.4 Å². The third-order valence-corrected chi connectivity index (χ3v) is 5.79. The van der Waals surface area contributed by atoms with E-state index in [0.29, 0.717) is 0 Å². The smallest absolute Gasteiger partial charge is 0.163 e. The summed E-state index contributed by atoms with van der Waals surface area (Å²) in [5.74, 6) is 0. The number of rotatable bonds is 5. The highest BCUT2D eigenvalue weighted by Gasteiger charge is 2.44. The zero-order valence-electron chi connectivity index (χ0n) is 16.3. The van der Waals surface area contributed by atoms with Crippen LogP contribution in [0.15, 0.2) is 54.7 Å². The molecular weight excluding hydrogens is 370 g/mol. The van der Waals surface area contributed by atoms with Gasteiger partial charge in [0.05, 0.1) is 12.1 Å². The summed E-state index contributed by atoms with van der Waals surface area (Å²) in [5, 5.41) is 41.3. The van der Waals surface area contributed by atoms with E-state index in [-0.39, 0.29) is 0 Å². The van der Waals surface area contributed by atoms with Crippen LogP contribution in [-0.2, 0) is 17.6 Å². The minimum atomic E-state index is -1.41. The van der Waals surface area contributed by atoms with Gasteiger partial charge in [-0.2, -0.15) is 0 Å². The Bertz CT molecular complexity index is 965. The van der Waals surface area contributed by atoms with Crippen LogP contribution in [0.5, 0.6) is 0 Å². The number of nitrogens with zero attached hydrogens (tertiary/aromatic N) is 1. The van der Waals surface area contributed by atoms with E-state index >= 15 is 0 Å². The normalized spacial score (nSPS) is 27.4. The molecule has 1 aliphatic heterocycles. The summed E-state index contributed by atoms with van der Waals surface area (Å²) in [5.41, 5.74) is 4.40. The molecule has 2 heterocycles. The third kappa shape index (κ3) is 3.70. The number of hydrogen-bond donors (Lipinski definition) is 4. The van der Waals surface area contributed by atoms with Crippen molar-refractivity contribution in [2.45, 2.75) is 50.4 Å². The zero-order chi connectivity index (χ0) is 20.5. The van der Waals surface area contributed by atoms with E-state index < -0.39 is 37.3 Å². The van der Waals surface area contributed by atoms with Gasteiger partial charge >= 0.3 is 0 Å². The second-order valence-electron chi connectivity index (χ2n) is 7.65. The molecule has 0 radical (unpaired) electrons. The molecular formula is C23H27NO5. The Labute approximate surface area is 169 Å². The second-order valence-corrected chi connectivity index (χ2v) is 7.65. The van der Waals surface area contributed by atoms with E-state index in [0.717, 1.165) is 29.3 Å². The lowest BCUT2D eigenvalue weighted by atomic mass is 9.98. The average molecular weight is 397 g/mol. The molecule has 1 fully saturated rings. The van der Waals surface area contributed by atoms with Crippen LogP contribution >= 0.6 is 0 Å². The Morgan fingerprint density at radius 1 is 0.897 bits per heavy atom. The van der Waals surface area contributed by atoms with Gasteiger partial charge in [0.1, 0.15) is 24.4 Å². The highest BCUT2D eigenvalue weighted by molar-refractivity contribution is 5.84. The minimum Gasteiger partial charge on any atom is -0.394 e. The molecule has 1 saturated heterocycles. The molecule has 2 aromatic carbocycles. The van der Waals surface area contributed by atoms with Crippen molar-refractivity contribution in [2.75, 3.05) is 6.61 Å². The summed E-state index contributed by atoms with van der Waals surface area (Å²) in [4.78, 5) is 0. The summed E-state index contributed by atoms with van der Waals surface area (Å²) in [7, 11) is 0. The van der Waals surface area contributed by atoms with Crippen LogP contribution in [0.4, 0.5) is 0 Å². The van der Waals surface area contributed by atoms with Gasteiger partial charge in [0.2, 0.25) is 0 Å². The fraction of sp³-hybridized carbons (Fsp3) is 0.391. The molecule has 0 aliphatic carbocycles. The predicted molar refractivity (Wildman–Crippen MR) is 110 cm³/mol. The first-order valence-electron chi connectivity index (χ1n) is 10.00. The number of benzene rings is 2. The quantitative estimate of drug-likeness (QED) is 0.526. The van der Waals surface area contributed by atoms with Crippen LogP contribution in [0.3, 0.4) is 0 Å². The molecule has 0 saturated carbocycles. The van der Waals surface area contributed by atoms with Crippen LogP contribution in [0.2, 0.25) is 0 Å². The molecule has 0 amide bonds. The van der Waals surface area contributed by atoms with Crippen molar-refractivity contribution >= 4 is 10.9 Å². The molecule has 0 bridgehead atoms. The molecule has 1 aromatic heterocycles. The van der Waals surface area contributed by atoms with Gasteiger partial charge in [-0.25, -0.2) is 0 Å². The monoisotopic (exact) mass is 397 g/mol. The molecule has 4 N–H and O–H groups in total. The van der Waals surface area contributed by atoms with Crippen molar-refractivity contribution < 1.29 is 25.2 Å². The molecule has 5 atom stereocenters. The number of aryl methyl sites for hydroxylation is 1. The van der Waals surface area contributed by atoms with Crippen molar-refractivity contribution in [2.24, 2.45) is 0 Å². The van der Waals surface area contributed by atoms with Crippen molar-refractivity contribution in [3.8, 4) is 0 Å². The van der Waals surface area contributed by atoms with Crippen molar-refractivity contribution in [1.29, 1.82) is 0 Å². The van der Waals surface area contributed by atoms with Gasteiger partial charge in [-0.15, -0.1) is 0 Å². The molecule has 6 heteroatoms. The van der Waals surface area contributed by atoms with Crippen LogP contribution in [-0.4, -0.2) is 56.0 Å². The highest BCUT2D eigenvalue weighted by atomic mass is 16.6. The molecule has 154 valence electrons. The number of ether oxygens (including phenoxy) is 1. The standard InChI is InChI=1S/C23H27NO5/c1-2-14-7-9-15(10-8-14)11-16-12-24(18-6-4-3-5-17(16)18)23-22(28)21(27)20(26)19(13-25)29-23/h3-10,12,19-23,25-28H,2,11,13H2,1H3/t19-,20-,21+,22-,23-/m1/s1.